The van der Waals surface area contributed by atoms with Crippen LogP contribution in [0.15, 0.2) is 4.52 Å². The lowest BCUT2D eigenvalue weighted by Gasteiger charge is -2.24. The van der Waals surface area contributed by atoms with E-state index < -0.39 is 0 Å². The summed E-state index contributed by atoms with van der Waals surface area (Å²) in [6.07, 6.45) is 7.27. The molecule has 2 atom stereocenters. The van der Waals surface area contributed by atoms with Crippen LogP contribution < -0.4 is 0 Å². The molecule has 0 bridgehead atoms. The number of hydrogen-bond acceptors (Lipinski definition) is 7. The van der Waals surface area contributed by atoms with Crippen LogP contribution in [0.25, 0.3) is 0 Å². The van der Waals surface area contributed by atoms with Crippen LogP contribution >= 0.6 is 0 Å². The lowest BCUT2D eigenvalue weighted by atomic mass is 9.80. The van der Waals surface area contributed by atoms with Gasteiger partial charge < -0.3 is 4.52 Å². The summed E-state index contributed by atoms with van der Waals surface area (Å²) in [7, 11) is 1.89. The molecule has 5 rings (SSSR count). The van der Waals surface area contributed by atoms with Gasteiger partial charge in [0, 0.05) is 26.6 Å². The maximum Gasteiger partial charge on any atom is 0.234 e. The number of rotatable bonds is 5. The first kappa shape index (κ1) is 14.5. The second kappa shape index (κ2) is 5.34. The molecule has 0 N–H and O–H groups in total. The molecule has 2 saturated carbocycles. The molecule has 8 nitrogen and oxygen atoms in total. The molecule has 3 fully saturated rings. The Labute approximate surface area is 140 Å². The summed E-state index contributed by atoms with van der Waals surface area (Å²) in [5.41, 5.74) is 0.0425. The fourth-order valence-electron chi connectivity index (χ4n) is 4.56. The standard InChI is InChI=1S/C16H23N7O/c1-22-14(18-20-21-22)9-23-8-12-3-2-6-16(12,10-23)15-17-13(19-24-15)7-11-4-5-11/h11-12H,2-10H2,1H3/t12-,16-/m1/s1. The van der Waals surface area contributed by atoms with Gasteiger partial charge in [0.2, 0.25) is 5.89 Å². The van der Waals surface area contributed by atoms with Crippen molar-refractivity contribution in [3.8, 4) is 0 Å². The van der Waals surface area contributed by atoms with Gasteiger partial charge >= 0.3 is 0 Å². The Morgan fingerprint density at radius 1 is 1.29 bits per heavy atom. The summed E-state index contributed by atoms with van der Waals surface area (Å²) in [4.78, 5) is 7.25. The predicted molar refractivity (Wildman–Crippen MR) is 83.8 cm³/mol. The second-order valence-corrected chi connectivity index (χ2v) is 7.80. The first-order valence-corrected chi connectivity index (χ1v) is 8.99. The van der Waals surface area contributed by atoms with Crippen molar-refractivity contribution < 1.29 is 4.52 Å². The molecule has 2 aromatic rings. The highest BCUT2D eigenvalue weighted by Gasteiger charge is 2.54. The van der Waals surface area contributed by atoms with Crippen LogP contribution in [0.3, 0.4) is 0 Å². The molecule has 24 heavy (non-hydrogen) atoms. The Kier molecular flexibility index (Phi) is 3.23. The van der Waals surface area contributed by atoms with Crippen LogP contribution in [0.5, 0.6) is 0 Å². The molecule has 0 unspecified atom stereocenters. The lowest BCUT2D eigenvalue weighted by Crippen LogP contribution is -2.32. The SMILES string of the molecule is Cn1nnnc1CN1C[C@H]2CCC[C@@]2(c2nc(CC3CC3)no2)C1. The molecule has 3 aliphatic rings. The van der Waals surface area contributed by atoms with Crippen molar-refractivity contribution in [3.63, 3.8) is 0 Å². The van der Waals surface area contributed by atoms with Crippen molar-refractivity contribution in [3.05, 3.63) is 17.5 Å². The fraction of sp³-hybridized carbons (Fsp3) is 0.812. The van der Waals surface area contributed by atoms with Crippen LogP contribution in [-0.4, -0.2) is 48.3 Å². The van der Waals surface area contributed by atoms with Crippen LogP contribution in [0.4, 0.5) is 0 Å². The number of aryl methyl sites for hydroxylation is 1. The van der Waals surface area contributed by atoms with Crippen LogP contribution in [0.1, 0.15) is 49.6 Å². The summed E-state index contributed by atoms with van der Waals surface area (Å²) in [6.45, 7) is 2.81. The minimum absolute atomic E-state index is 0.0425. The molecule has 0 radical (unpaired) electrons. The molecule has 0 amide bonds. The molecular formula is C16H23N7O. The molecule has 0 spiro atoms. The molecule has 0 aromatic carbocycles. The Hall–Kier alpha value is -1.83. The van der Waals surface area contributed by atoms with Gasteiger partial charge in [-0.25, -0.2) is 4.68 Å². The zero-order chi connectivity index (χ0) is 16.1. The monoisotopic (exact) mass is 329 g/mol. The van der Waals surface area contributed by atoms with E-state index in [0.29, 0.717) is 5.92 Å². The lowest BCUT2D eigenvalue weighted by molar-refractivity contribution is 0.241. The molecule has 8 heteroatoms. The maximum atomic E-state index is 5.76. The molecule has 3 heterocycles. The van der Waals surface area contributed by atoms with Gasteiger partial charge in [0.1, 0.15) is 0 Å². The molecule has 1 aliphatic heterocycles. The Balaban J connectivity index is 1.36. The quantitative estimate of drug-likeness (QED) is 0.812. The fourth-order valence-corrected chi connectivity index (χ4v) is 4.56. The average Bonchev–Trinajstić information content (AvgIpc) is 2.93. The van der Waals surface area contributed by atoms with Crippen molar-refractivity contribution in [1.29, 1.82) is 0 Å². The van der Waals surface area contributed by atoms with E-state index in [2.05, 4.69) is 25.6 Å². The van der Waals surface area contributed by atoms with E-state index in [1.807, 2.05) is 7.05 Å². The third-order valence-corrected chi connectivity index (χ3v) is 6.08. The summed E-state index contributed by atoms with van der Waals surface area (Å²) in [6, 6.07) is 0. The number of aromatic nitrogens is 6. The summed E-state index contributed by atoms with van der Waals surface area (Å²) in [5, 5.41) is 16.1. The highest BCUT2D eigenvalue weighted by atomic mass is 16.5. The van der Waals surface area contributed by atoms with E-state index in [-0.39, 0.29) is 5.41 Å². The van der Waals surface area contributed by atoms with Gasteiger partial charge in [0.15, 0.2) is 11.6 Å². The van der Waals surface area contributed by atoms with Crippen LogP contribution in [0.2, 0.25) is 0 Å². The van der Waals surface area contributed by atoms with E-state index in [1.54, 1.807) is 4.68 Å². The minimum Gasteiger partial charge on any atom is -0.339 e. The Morgan fingerprint density at radius 3 is 3.00 bits per heavy atom. The largest absolute Gasteiger partial charge is 0.339 e. The van der Waals surface area contributed by atoms with Crippen LogP contribution in [-0.2, 0) is 25.4 Å². The Bertz CT molecular complexity index is 736. The van der Waals surface area contributed by atoms with Gasteiger partial charge in [-0.3, -0.25) is 4.90 Å². The van der Waals surface area contributed by atoms with Gasteiger partial charge in [0.05, 0.1) is 12.0 Å². The van der Waals surface area contributed by atoms with E-state index in [0.717, 1.165) is 55.9 Å². The maximum absolute atomic E-state index is 5.76. The van der Waals surface area contributed by atoms with Crippen molar-refractivity contribution in [2.45, 2.75) is 50.5 Å². The van der Waals surface area contributed by atoms with Gasteiger partial charge in [-0.2, -0.15) is 4.98 Å². The third-order valence-electron chi connectivity index (χ3n) is 6.08. The van der Waals surface area contributed by atoms with Gasteiger partial charge in [-0.15, -0.1) is 5.10 Å². The number of fused-ring (bicyclic) bond motifs is 1. The topological polar surface area (TPSA) is 85.8 Å². The van der Waals surface area contributed by atoms with Crippen molar-refractivity contribution in [2.24, 2.45) is 18.9 Å². The number of hydrogen-bond donors (Lipinski definition) is 0. The highest BCUT2D eigenvalue weighted by molar-refractivity contribution is 5.17. The normalized spacial score (nSPS) is 30.1. The second-order valence-electron chi connectivity index (χ2n) is 7.80. The van der Waals surface area contributed by atoms with E-state index in [9.17, 15) is 0 Å². The van der Waals surface area contributed by atoms with E-state index in [4.69, 9.17) is 9.51 Å². The number of nitrogens with zero attached hydrogens (tertiary/aromatic N) is 7. The van der Waals surface area contributed by atoms with Crippen molar-refractivity contribution in [1.82, 2.24) is 35.2 Å². The third kappa shape index (κ3) is 2.35. The Morgan fingerprint density at radius 2 is 2.21 bits per heavy atom. The predicted octanol–water partition coefficient (Wildman–Crippen LogP) is 1.10. The average molecular weight is 329 g/mol. The van der Waals surface area contributed by atoms with Gasteiger partial charge in [-0.1, -0.05) is 11.6 Å². The first-order chi connectivity index (χ1) is 11.7. The summed E-state index contributed by atoms with van der Waals surface area (Å²) >= 11 is 0. The zero-order valence-corrected chi connectivity index (χ0v) is 14.1. The minimum atomic E-state index is 0.0425. The molecule has 2 aromatic heterocycles. The smallest absolute Gasteiger partial charge is 0.234 e. The molecule has 2 aliphatic carbocycles. The van der Waals surface area contributed by atoms with E-state index >= 15 is 0 Å². The molecule has 128 valence electrons. The highest BCUT2D eigenvalue weighted by Crippen LogP contribution is 2.50. The van der Waals surface area contributed by atoms with Crippen molar-refractivity contribution in [2.75, 3.05) is 13.1 Å². The van der Waals surface area contributed by atoms with Gasteiger partial charge in [0.25, 0.3) is 0 Å². The molecular weight excluding hydrogens is 306 g/mol. The van der Waals surface area contributed by atoms with Crippen LogP contribution in [0, 0.1) is 11.8 Å². The summed E-state index contributed by atoms with van der Waals surface area (Å²) in [5.74, 6) is 4.08. The number of likely N-dealkylation sites (tertiary alicyclic amines) is 1. The number of tetrazole rings is 1. The summed E-state index contributed by atoms with van der Waals surface area (Å²) < 4.78 is 7.51. The van der Waals surface area contributed by atoms with Gasteiger partial charge in [-0.05, 0) is 47.9 Å². The van der Waals surface area contributed by atoms with Crippen molar-refractivity contribution >= 4 is 0 Å². The van der Waals surface area contributed by atoms with E-state index in [1.165, 1.54) is 25.7 Å². The first-order valence-electron chi connectivity index (χ1n) is 8.99. The molecule has 1 saturated heterocycles. The zero-order valence-electron chi connectivity index (χ0n) is 14.1.